The van der Waals surface area contributed by atoms with Crippen LogP contribution in [0, 0.1) is 5.92 Å². The molecule has 1 fully saturated rings. The van der Waals surface area contributed by atoms with E-state index >= 15 is 0 Å². The fraction of sp³-hybridized carbons (Fsp3) is 0.316. The summed E-state index contributed by atoms with van der Waals surface area (Å²) in [6, 6.07) is 17.5. The number of nitrogens with one attached hydrogen (secondary N) is 1. The van der Waals surface area contributed by atoms with Crippen molar-refractivity contribution in [3.05, 3.63) is 65.2 Å². The minimum absolute atomic E-state index is 0.0597. The predicted octanol–water partition coefficient (Wildman–Crippen LogP) is 5.17. The molecule has 0 spiro atoms. The highest BCUT2D eigenvalue weighted by molar-refractivity contribution is 6.30. The molecular weight excluding hydrogens is 308 g/mol. The molecule has 3 nitrogen and oxygen atoms in total. The van der Waals surface area contributed by atoms with Gasteiger partial charge in [0.15, 0.2) is 0 Å². The van der Waals surface area contributed by atoms with E-state index in [2.05, 4.69) is 24.4 Å². The first kappa shape index (κ1) is 15.9. The molecule has 1 saturated carbocycles. The summed E-state index contributed by atoms with van der Waals surface area (Å²) >= 11 is 5.90. The van der Waals surface area contributed by atoms with E-state index in [-0.39, 0.29) is 12.1 Å². The van der Waals surface area contributed by atoms with Crippen molar-refractivity contribution < 1.29 is 4.79 Å². The van der Waals surface area contributed by atoms with Crippen LogP contribution < -0.4 is 5.32 Å². The number of halogens is 1. The number of carbonyl (C=O) groups is 1. The molecule has 1 aliphatic carbocycles. The molecule has 120 valence electrons. The highest BCUT2D eigenvalue weighted by Crippen LogP contribution is 2.36. The zero-order valence-corrected chi connectivity index (χ0v) is 14.0. The molecule has 0 aromatic heterocycles. The van der Waals surface area contributed by atoms with Gasteiger partial charge < -0.3 is 10.2 Å². The summed E-state index contributed by atoms with van der Waals surface area (Å²) in [6.07, 6.45) is 2.42. The van der Waals surface area contributed by atoms with Gasteiger partial charge in [-0.05, 0) is 55.5 Å². The lowest BCUT2D eigenvalue weighted by molar-refractivity contribution is 0.181. The van der Waals surface area contributed by atoms with E-state index in [1.165, 1.54) is 12.8 Å². The van der Waals surface area contributed by atoms with Gasteiger partial charge in [-0.3, -0.25) is 0 Å². The minimum Gasteiger partial charge on any atom is -0.317 e. The average Bonchev–Trinajstić information content (AvgIpc) is 3.40. The quantitative estimate of drug-likeness (QED) is 0.806. The number of carbonyl (C=O) groups excluding carboxylic acids is 1. The zero-order valence-electron chi connectivity index (χ0n) is 13.2. The molecule has 1 unspecified atom stereocenters. The Balaban J connectivity index is 1.73. The van der Waals surface area contributed by atoms with Crippen molar-refractivity contribution in [2.45, 2.75) is 32.4 Å². The first-order valence-electron chi connectivity index (χ1n) is 8.00. The predicted molar refractivity (Wildman–Crippen MR) is 94.6 cm³/mol. The van der Waals surface area contributed by atoms with Crippen molar-refractivity contribution in [1.29, 1.82) is 0 Å². The van der Waals surface area contributed by atoms with Gasteiger partial charge in [-0.1, -0.05) is 41.9 Å². The molecule has 1 atom stereocenters. The van der Waals surface area contributed by atoms with Crippen LogP contribution in [0.1, 0.15) is 25.3 Å². The third kappa shape index (κ3) is 4.26. The van der Waals surface area contributed by atoms with Gasteiger partial charge in [-0.2, -0.15) is 0 Å². The van der Waals surface area contributed by atoms with E-state index < -0.39 is 0 Å². The average molecular weight is 329 g/mol. The molecule has 2 amide bonds. The molecule has 2 aromatic carbocycles. The summed E-state index contributed by atoms with van der Waals surface area (Å²) in [5.41, 5.74) is 1.91. The Labute approximate surface area is 142 Å². The normalized spacial score (nSPS) is 15.0. The monoisotopic (exact) mass is 328 g/mol. The Morgan fingerprint density at radius 2 is 1.83 bits per heavy atom. The summed E-state index contributed by atoms with van der Waals surface area (Å²) in [5.74, 6) is 0.620. The van der Waals surface area contributed by atoms with Crippen molar-refractivity contribution >= 4 is 23.3 Å². The molecule has 0 radical (unpaired) electrons. The first-order chi connectivity index (χ1) is 11.1. The lowest BCUT2D eigenvalue weighted by Crippen LogP contribution is -2.42. The second-order valence-electron chi connectivity index (χ2n) is 6.13. The van der Waals surface area contributed by atoms with E-state index in [9.17, 15) is 4.79 Å². The van der Waals surface area contributed by atoms with Crippen LogP contribution in [-0.2, 0) is 6.54 Å². The number of amides is 2. The van der Waals surface area contributed by atoms with E-state index in [1.54, 1.807) is 12.1 Å². The molecule has 0 heterocycles. The maximum Gasteiger partial charge on any atom is 0.322 e. The van der Waals surface area contributed by atoms with Crippen LogP contribution in [-0.4, -0.2) is 17.0 Å². The Hall–Kier alpha value is -2.00. The molecule has 1 aliphatic rings. The standard InChI is InChI=1S/C19H21ClN2O/c1-14(16-7-8-16)22(13-15-5-3-2-4-6-15)19(23)21-18-11-9-17(20)10-12-18/h2-6,9-12,14,16H,7-8,13H2,1H3,(H,21,23). The molecule has 0 bridgehead atoms. The van der Waals surface area contributed by atoms with Crippen LogP contribution in [0.15, 0.2) is 54.6 Å². The second kappa shape index (κ2) is 7.05. The summed E-state index contributed by atoms with van der Waals surface area (Å²) in [7, 11) is 0. The molecule has 0 aliphatic heterocycles. The Morgan fingerprint density at radius 3 is 2.43 bits per heavy atom. The van der Waals surface area contributed by atoms with Gasteiger partial charge in [0.25, 0.3) is 0 Å². The number of hydrogen-bond donors (Lipinski definition) is 1. The van der Waals surface area contributed by atoms with Gasteiger partial charge in [-0.25, -0.2) is 4.79 Å². The number of nitrogens with zero attached hydrogens (tertiary/aromatic N) is 1. The highest BCUT2D eigenvalue weighted by Gasteiger charge is 2.34. The van der Waals surface area contributed by atoms with Gasteiger partial charge in [-0.15, -0.1) is 0 Å². The molecule has 1 N–H and O–H groups in total. The zero-order chi connectivity index (χ0) is 16.2. The molecule has 0 saturated heterocycles. The fourth-order valence-electron chi connectivity index (χ4n) is 2.74. The van der Waals surface area contributed by atoms with E-state index in [1.807, 2.05) is 35.2 Å². The van der Waals surface area contributed by atoms with Crippen LogP contribution in [0.5, 0.6) is 0 Å². The highest BCUT2D eigenvalue weighted by atomic mass is 35.5. The topological polar surface area (TPSA) is 32.3 Å². The van der Waals surface area contributed by atoms with Gasteiger partial charge in [0, 0.05) is 23.3 Å². The van der Waals surface area contributed by atoms with Gasteiger partial charge in [0.05, 0.1) is 0 Å². The van der Waals surface area contributed by atoms with Crippen molar-refractivity contribution in [2.75, 3.05) is 5.32 Å². The number of hydrogen-bond acceptors (Lipinski definition) is 1. The number of benzene rings is 2. The van der Waals surface area contributed by atoms with Crippen LogP contribution in [0.25, 0.3) is 0 Å². The maximum absolute atomic E-state index is 12.8. The molecule has 2 aromatic rings. The molecule has 3 rings (SSSR count). The number of rotatable bonds is 5. The number of urea groups is 1. The lowest BCUT2D eigenvalue weighted by atomic mass is 10.1. The SMILES string of the molecule is CC(C1CC1)N(Cc1ccccc1)C(=O)Nc1ccc(Cl)cc1. The van der Waals surface area contributed by atoms with Gasteiger partial charge in [0.1, 0.15) is 0 Å². The van der Waals surface area contributed by atoms with E-state index in [0.717, 1.165) is 11.3 Å². The third-order valence-corrected chi connectivity index (χ3v) is 4.60. The van der Waals surface area contributed by atoms with Crippen LogP contribution in [0.3, 0.4) is 0 Å². The smallest absolute Gasteiger partial charge is 0.317 e. The van der Waals surface area contributed by atoms with Crippen LogP contribution in [0.2, 0.25) is 5.02 Å². The fourth-order valence-corrected chi connectivity index (χ4v) is 2.87. The Morgan fingerprint density at radius 1 is 1.17 bits per heavy atom. The van der Waals surface area contributed by atoms with Crippen molar-refractivity contribution in [3.8, 4) is 0 Å². The number of anilines is 1. The first-order valence-corrected chi connectivity index (χ1v) is 8.38. The third-order valence-electron chi connectivity index (χ3n) is 4.35. The molecule has 4 heteroatoms. The van der Waals surface area contributed by atoms with Gasteiger partial charge in [0.2, 0.25) is 0 Å². The molecule has 23 heavy (non-hydrogen) atoms. The summed E-state index contributed by atoms with van der Waals surface area (Å²) in [6.45, 7) is 2.76. The van der Waals surface area contributed by atoms with Gasteiger partial charge >= 0.3 is 6.03 Å². The molecular formula is C19H21ClN2O. The second-order valence-corrected chi connectivity index (χ2v) is 6.57. The van der Waals surface area contributed by atoms with Crippen molar-refractivity contribution in [2.24, 2.45) is 5.92 Å². The van der Waals surface area contributed by atoms with E-state index in [0.29, 0.717) is 17.5 Å². The maximum atomic E-state index is 12.8. The lowest BCUT2D eigenvalue weighted by Gasteiger charge is -2.29. The van der Waals surface area contributed by atoms with E-state index in [4.69, 9.17) is 11.6 Å². The summed E-state index contributed by atoms with van der Waals surface area (Å²) in [5, 5.41) is 3.64. The Bertz CT molecular complexity index is 653. The summed E-state index contributed by atoms with van der Waals surface area (Å²) < 4.78 is 0. The van der Waals surface area contributed by atoms with Crippen molar-refractivity contribution in [1.82, 2.24) is 4.90 Å². The minimum atomic E-state index is -0.0597. The van der Waals surface area contributed by atoms with Crippen LogP contribution >= 0.6 is 11.6 Å². The largest absolute Gasteiger partial charge is 0.322 e. The van der Waals surface area contributed by atoms with Crippen LogP contribution in [0.4, 0.5) is 10.5 Å². The van der Waals surface area contributed by atoms with Crippen molar-refractivity contribution in [3.63, 3.8) is 0 Å². The Kier molecular flexibility index (Phi) is 4.87. The summed E-state index contributed by atoms with van der Waals surface area (Å²) in [4.78, 5) is 14.7.